The van der Waals surface area contributed by atoms with Crippen molar-refractivity contribution >= 4 is 23.7 Å². The van der Waals surface area contributed by atoms with Crippen LogP contribution in [-0.2, 0) is 25.5 Å². The highest BCUT2D eigenvalue weighted by Gasteiger charge is 2.26. The van der Waals surface area contributed by atoms with Crippen LogP contribution in [0.1, 0.15) is 49.5 Å². The van der Waals surface area contributed by atoms with E-state index >= 15 is 0 Å². The lowest BCUT2D eigenvalue weighted by Crippen LogP contribution is -2.14. The molecule has 1 aliphatic rings. The largest absolute Gasteiger partial charge is 0.466 e. The second-order valence-electron chi connectivity index (χ2n) is 6.28. The average Bonchev–Trinajstić information content (AvgIpc) is 2.76. The van der Waals surface area contributed by atoms with Gasteiger partial charge in [-0.1, -0.05) is 42.1 Å². The van der Waals surface area contributed by atoms with E-state index in [9.17, 15) is 9.59 Å². The number of ether oxygens (including phenoxy) is 2. The van der Waals surface area contributed by atoms with Crippen LogP contribution in [0.4, 0.5) is 0 Å². The van der Waals surface area contributed by atoms with Crippen LogP contribution in [0.25, 0.3) is 0 Å². The maximum atomic E-state index is 12.1. The van der Waals surface area contributed by atoms with Gasteiger partial charge in [0.15, 0.2) is 0 Å². The van der Waals surface area contributed by atoms with Crippen molar-refractivity contribution in [2.75, 3.05) is 6.61 Å². The molecule has 2 aromatic carbocycles. The summed E-state index contributed by atoms with van der Waals surface area (Å²) in [5.74, 6) is -0.856. The van der Waals surface area contributed by atoms with Gasteiger partial charge in [-0.05, 0) is 37.1 Å². The highest BCUT2D eigenvalue weighted by molar-refractivity contribution is 7.99. The second kappa shape index (κ2) is 7.96. The van der Waals surface area contributed by atoms with E-state index in [1.165, 1.54) is 6.92 Å². The molecule has 1 aliphatic heterocycles. The third kappa shape index (κ3) is 3.93. The van der Waals surface area contributed by atoms with Gasteiger partial charge in [0.2, 0.25) is 0 Å². The van der Waals surface area contributed by atoms with Gasteiger partial charge in [0.25, 0.3) is 0 Å². The molecular weight excluding hydrogens is 348 g/mol. The summed E-state index contributed by atoms with van der Waals surface area (Å²) in [4.78, 5) is 25.9. The van der Waals surface area contributed by atoms with Gasteiger partial charge in [0, 0.05) is 28.7 Å². The number of fused-ring (bicyclic) bond motifs is 2. The fourth-order valence-electron chi connectivity index (χ4n) is 3.10. The van der Waals surface area contributed by atoms with Gasteiger partial charge in [0.05, 0.1) is 12.5 Å². The van der Waals surface area contributed by atoms with Crippen molar-refractivity contribution in [1.29, 1.82) is 0 Å². The Kier molecular flexibility index (Phi) is 5.67. The maximum Gasteiger partial charge on any atom is 0.313 e. The van der Waals surface area contributed by atoms with E-state index in [1.807, 2.05) is 49.4 Å². The molecule has 0 aromatic heterocycles. The lowest BCUT2D eigenvalue weighted by molar-refractivity contribution is -0.147. The molecule has 0 saturated heterocycles. The van der Waals surface area contributed by atoms with Crippen LogP contribution in [0, 0.1) is 0 Å². The molecule has 0 bridgehead atoms. The number of carbonyl (C=O) groups excluding carboxylic acids is 2. The van der Waals surface area contributed by atoms with Crippen LogP contribution < -0.4 is 0 Å². The molecule has 26 heavy (non-hydrogen) atoms. The Bertz CT molecular complexity index is 831. The molecular formula is C21H22O4S. The van der Waals surface area contributed by atoms with Crippen molar-refractivity contribution in [3.63, 3.8) is 0 Å². The number of carbonyl (C=O) groups is 2. The minimum Gasteiger partial charge on any atom is -0.466 e. The van der Waals surface area contributed by atoms with Gasteiger partial charge < -0.3 is 9.47 Å². The molecule has 0 aliphatic carbocycles. The van der Waals surface area contributed by atoms with Crippen molar-refractivity contribution in [3.05, 3.63) is 59.2 Å². The van der Waals surface area contributed by atoms with Crippen LogP contribution in [0.2, 0.25) is 0 Å². The lowest BCUT2D eigenvalue weighted by Gasteiger charge is -2.18. The summed E-state index contributed by atoms with van der Waals surface area (Å²) in [6.45, 7) is 5.45. The zero-order valence-corrected chi connectivity index (χ0v) is 16.0. The van der Waals surface area contributed by atoms with E-state index in [2.05, 4.69) is 0 Å². The molecule has 0 spiro atoms. The number of hydrogen-bond donors (Lipinski definition) is 0. The zero-order valence-electron chi connectivity index (χ0n) is 15.2. The second-order valence-corrected chi connectivity index (χ2v) is 7.37. The van der Waals surface area contributed by atoms with E-state index in [0.29, 0.717) is 13.0 Å². The quantitative estimate of drug-likeness (QED) is 0.733. The molecule has 3 rings (SSSR count). The van der Waals surface area contributed by atoms with Gasteiger partial charge in [-0.15, -0.1) is 0 Å². The van der Waals surface area contributed by atoms with Crippen molar-refractivity contribution < 1.29 is 19.1 Å². The summed E-state index contributed by atoms with van der Waals surface area (Å²) in [6.07, 6.45) is 0.257. The third-order valence-electron chi connectivity index (χ3n) is 4.42. The maximum absolute atomic E-state index is 12.1. The third-order valence-corrected chi connectivity index (χ3v) is 5.63. The van der Waals surface area contributed by atoms with E-state index in [-0.39, 0.29) is 24.0 Å². The molecule has 0 N–H and O–H groups in total. The number of hydrogen-bond acceptors (Lipinski definition) is 5. The van der Waals surface area contributed by atoms with E-state index in [1.54, 1.807) is 18.7 Å². The molecule has 136 valence electrons. The molecule has 0 radical (unpaired) electrons. The fraction of sp³-hybridized carbons (Fsp3) is 0.333. The Morgan fingerprint density at radius 2 is 1.96 bits per heavy atom. The molecule has 0 saturated carbocycles. The van der Waals surface area contributed by atoms with E-state index < -0.39 is 0 Å². The molecule has 0 fully saturated rings. The van der Waals surface area contributed by atoms with Crippen molar-refractivity contribution in [3.8, 4) is 0 Å². The highest BCUT2D eigenvalue weighted by Crippen LogP contribution is 2.42. The van der Waals surface area contributed by atoms with Crippen LogP contribution in [0.15, 0.2) is 52.3 Å². The Morgan fingerprint density at radius 3 is 2.69 bits per heavy atom. The summed E-state index contributed by atoms with van der Waals surface area (Å²) < 4.78 is 10.7. The SMILES string of the molecule is CCOC(=O)C(C)c1ccc2c(c1)CC(OC(C)=O)c1ccccc1S2. The van der Waals surface area contributed by atoms with Crippen LogP contribution in [0.5, 0.6) is 0 Å². The number of esters is 2. The summed E-state index contributed by atoms with van der Waals surface area (Å²) >= 11 is 1.67. The molecule has 4 nitrogen and oxygen atoms in total. The Balaban J connectivity index is 1.97. The van der Waals surface area contributed by atoms with Crippen molar-refractivity contribution in [1.82, 2.24) is 0 Å². The van der Waals surface area contributed by atoms with Crippen LogP contribution in [-0.4, -0.2) is 18.5 Å². The van der Waals surface area contributed by atoms with Gasteiger partial charge in [-0.2, -0.15) is 0 Å². The van der Waals surface area contributed by atoms with E-state index in [0.717, 1.165) is 26.5 Å². The summed E-state index contributed by atoms with van der Waals surface area (Å²) in [5, 5.41) is 0. The summed E-state index contributed by atoms with van der Waals surface area (Å²) in [5.41, 5.74) is 3.00. The first-order chi connectivity index (χ1) is 12.5. The Hall–Kier alpha value is -2.27. The van der Waals surface area contributed by atoms with Gasteiger partial charge >= 0.3 is 11.9 Å². The van der Waals surface area contributed by atoms with E-state index in [4.69, 9.17) is 9.47 Å². The van der Waals surface area contributed by atoms with Crippen LogP contribution >= 0.6 is 11.8 Å². The standard InChI is InChI=1S/C21H22O4S/c1-4-24-21(23)13(2)15-9-10-19-16(11-15)12-18(25-14(3)22)17-7-5-6-8-20(17)26-19/h5-11,13,18H,4,12H2,1-3H3. The minimum atomic E-state index is -0.331. The molecule has 1 heterocycles. The molecule has 5 heteroatoms. The van der Waals surface area contributed by atoms with Crippen molar-refractivity contribution in [2.24, 2.45) is 0 Å². The van der Waals surface area contributed by atoms with Crippen LogP contribution in [0.3, 0.4) is 0 Å². The first-order valence-corrected chi connectivity index (χ1v) is 9.54. The highest BCUT2D eigenvalue weighted by atomic mass is 32.2. The number of rotatable bonds is 4. The van der Waals surface area contributed by atoms with Crippen molar-refractivity contribution in [2.45, 2.75) is 49.0 Å². The normalized spacial score (nSPS) is 16.7. The van der Waals surface area contributed by atoms with Gasteiger partial charge in [0.1, 0.15) is 6.10 Å². The summed E-state index contributed by atoms with van der Waals surface area (Å²) in [6, 6.07) is 14.0. The predicted molar refractivity (Wildman–Crippen MR) is 100 cm³/mol. The average molecular weight is 370 g/mol. The lowest BCUT2D eigenvalue weighted by atomic mass is 9.95. The monoisotopic (exact) mass is 370 g/mol. The number of benzene rings is 2. The first kappa shape index (κ1) is 18.5. The Morgan fingerprint density at radius 1 is 1.19 bits per heavy atom. The van der Waals surface area contributed by atoms with Gasteiger partial charge in [-0.3, -0.25) is 9.59 Å². The Labute approximate surface area is 157 Å². The first-order valence-electron chi connectivity index (χ1n) is 8.73. The predicted octanol–water partition coefficient (Wildman–Crippen LogP) is 4.66. The smallest absolute Gasteiger partial charge is 0.313 e. The molecule has 2 aromatic rings. The molecule has 0 amide bonds. The minimum absolute atomic E-state index is 0.228. The summed E-state index contributed by atoms with van der Waals surface area (Å²) in [7, 11) is 0. The molecule has 2 atom stereocenters. The zero-order chi connectivity index (χ0) is 18.7. The van der Waals surface area contributed by atoms with Gasteiger partial charge in [-0.25, -0.2) is 0 Å². The fourth-order valence-corrected chi connectivity index (χ4v) is 4.21. The molecule has 2 unspecified atom stereocenters. The topological polar surface area (TPSA) is 52.6 Å².